The molecule has 6 nitrogen and oxygen atoms in total. The molecule has 1 aromatic carbocycles. The number of anilines is 1. The minimum absolute atomic E-state index is 0.0680. The molecule has 0 fully saturated rings. The highest BCUT2D eigenvalue weighted by molar-refractivity contribution is 7.13. The Kier molecular flexibility index (Phi) is 6.27. The van der Waals surface area contributed by atoms with E-state index in [4.69, 9.17) is 5.26 Å². The van der Waals surface area contributed by atoms with E-state index in [0.29, 0.717) is 11.0 Å². The number of benzene rings is 1. The first-order chi connectivity index (χ1) is 11.5. The number of carbonyl (C=O) groups excluding carboxylic acids is 1. The third-order valence-electron chi connectivity index (χ3n) is 3.50. The molecule has 1 N–H and O–H groups in total. The Morgan fingerprint density at radius 3 is 2.58 bits per heavy atom. The zero-order valence-corrected chi connectivity index (χ0v) is 14.9. The van der Waals surface area contributed by atoms with Gasteiger partial charge in [0.15, 0.2) is 6.19 Å². The summed E-state index contributed by atoms with van der Waals surface area (Å²) in [5, 5.41) is 19.9. The number of amides is 1. The van der Waals surface area contributed by atoms with E-state index in [9.17, 15) is 4.79 Å². The molecule has 0 radical (unpaired) electrons. The van der Waals surface area contributed by atoms with Crippen molar-refractivity contribution in [3.63, 3.8) is 0 Å². The number of nitrogens with one attached hydrogen (secondary N) is 1. The molecular weight excluding hydrogens is 322 g/mol. The molecule has 2 aromatic rings. The summed E-state index contributed by atoms with van der Waals surface area (Å²) in [6.07, 6.45) is 3.00. The Hall–Kier alpha value is -2.46. The maximum Gasteiger partial charge on any atom is 0.241 e. The highest BCUT2D eigenvalue weighted by Gasteiger charge is 2.16. The Morgan fingerprint density at radius 2 is 2.04 bits per heavy atom. The molecule has 24 heavy (non-hydrogen) atoms. The van der Waals surface area contributed by atoms with Gasteiger partial charge < -0.3 is 5.32 Å². The van der Waals surface area contributed by atoms with E-state index in [2.05, 4.69) is 41.5 Å². The van der Waals surface area contributed by atoms with Crippen molar-refractivity contribution in [3.05, 3.63) is 40.9 Å². The van der Waals surface area contributed by atoms with Gasteiger partial charge in [-0.05, 0) is 30.4 Å². The number of hydrogen-bond donors (Lipinski definition) is 1. The molecule has 0 aliphatic carbocycles. The van der Waals surface area contributed by atoms with Crippen LogP contribution in [0.4, 0.5) is 5.13 Å². The molecule has 1 unspecified atom stereocenters. The van der Waals surface area contributed by atoms with Crippen molar-refractivity contribution in [1.82, 2.24) is 15.5 Å². The van der Waals surface area contributed by atoms with Gasteiger partial charge in [-0.1, -0.05) is 49.4 Å². The van der Waals surface area contributed by atoms with Crippen LogP contribution in [-0.4, -0.2) is 22.6 Å². The van der Waals surface area contributed by atoms with Crippen LogP contribution in [0.5, 0.6) is 0 Å². The smallest absolute Gasteiger partial charge is 0.241 e. The van der Waals surface area contributed by atoms with Gasteiger partial charge in [0.2, 0.25) is 11.0 Å². The second-order valence-corrected chi connectivity index (χ2v) is 6.85. The Bertz CT molecular complexity index is 691. The van der Waals surface area contributed by atoms with Gasteiger partial charge in [0, 0.05) is 0 Å². The summed E-state index contributed by atoms with van der Waals surface area (Å²) in [5.41, 5.74) is 3.85. The first kappa shape index (κ1) is 17.9. The lowest BCUT2D eigenvalue weighted by molar-refractivity contribution is -0.120. The Labute approximate surface area is 146 Å². The fraction of sp³-hybridized carbons (Fsp3) is 0.412. The Balaban J connectivity index is 1.92. The van der Waals surface area contributed by atoms with Crippen LogP contribution in [0.15, 0.2) is 29.8 Å². The third kappa shape index (κ3) is 5.03. The van der Waals surface area contributed by atoms with Crippen LogP contribution in [0, 0.1) is 17.4 Å². The first-order valence-electron chi connectivity index (χ1n) is 7.81. The number of rotatable bonds is 7. The standard InChI is InChI=1S/C17H21N5OS/c1-12(2)8-14-4-6-15(7-5-14)13(3)20-16(23)9-22(10-18)17-21-19-11-24-17/h4-7,11-13H,8-9H2,1-3H3,(H,20,23). The summed E-state index contributed by atoms with van der Waals surface area (Å²) in [5.74, 6) is 0.385. The van der Waals surface area contributed by atoms with Crippen LogP contribution in [-0.2, 0) is 11.2 Å². The normalized spacial score (nSPS) is 11.8. The fourth-order valence-corrected chi connectivity index (χ4v) is 2.87. The van der Waals surface area contributed by atoms with Crippen LogP contribution in [0.1, 0.15) is 37.9 Å². The zero-order valence-electron chi connectivity index (χ0n) is 14.1. The molecule has 126 valence electrons. The van der Waals surface area contributed by atoms with Crippen LogP contribution in [0.25, 0.3) is 0 Å². The summed E-state index contributed by atoms with van der Waals surface area (Å²) in [7, 11) is 0. The molecular formula is C17H21N5OS. The highest BCUT2D eigenvalue weighted by Crippen LogP contribution is 2.17. The van der Waals surface area contributed by atoms with E-state index in [1.54, 1.807) is 0 Å². The average molecular weight is 343 g/mol. The molecule has 0 saturated heterocycles. The van der Waals surface area contributed by atoms with Gasteiger partial charge in [-0.25, -0.2) is 4.90 Å². The monoisotopic (exact) mass is 343 g/mol. The second kappa shape index (κ2) is 8.41. The third-order valence-corrected chi connectivity index (χ3v) is 4.22. The molecule has 0 aliphatic heterocycles. The van der Waals surface area contributed by atoms with Gasteiger partial charge in [-0.15, -0.1) is 10.2 Å². The number of hydrogen-bond acceptors (Lipinski definition) is 6. The van der Waals surface area contributed by atoms with Crippen molar-refractivity contribution in [2.45, 2.75) is 33.2 Å². The molecule has 0 spiro atoms. The van der Waals surface area contributed by atoms with Gasteiger partial charge in [0.1, 0.15) is 12.1 Å². The summed E-state index contributed by atoms with van der Waals surface area (Å²) >= 11 is 1.22. The van der Waals surface area contributed by atoms with E-state index < -0.39 is 0 Å². The summed E-state index contributed by atoms with van der Waals surface area (Å²) in [4.78, 5) is 13.4. The predicted octanol–water partition coefficient (Wildman–Crippen LogP) is 2.90. The quantitative estimate of drug-likeness (QED) is 0.617. The average Bonchev–Trinajstić information content (AvgIpc) is 3.07. The lowest BCUT2D eigenvalue weighted by Crippen LogP contribution is -2.36. The van der Waals surface area contributed by atoms with Crippen molar-refractivity contribution < 1.29 is 4.79 Å². The second-order valence-electron chi connectivity index (χ2n) is 6.04. The van der Waals surface area contributed by atoms with E-state index in [0.717, 1.165) is 12.0 Å². The molecule has 1 amide bonds. The first-order valence-corrected chi connectivity index (χ1v) is 8.69. The van der Waals surface area contributed by atoms with Crippen LogP contribution in [0.2, 0.25) is 0 Å². The largest absolute Gasteiger partial charge is 0.348 e. The molecule has 0 aliphatic rings. The van der Waals surface area contributed by atoms with Gasteiger partial charge in [-0.3, -0.25) is 4.79 Å². The highest BCUT2D eigenvalue weighted by atomic mass is 32.1. The minimum atomic E-state index is -0.231. The number of carbonyl (C=O) groups is 1. The molecule has 2 rings (SSSR count). The SMILES string of the molecule is CC(C)Cc1ccc(C(C)NC(=O)CN(C#N)c2nncs2)cc1. The van der Waals surface area contributed by atoms with E-state index >= 15 is 0 Å². The number of nitrogens with zero attached hydrogens (tertiary/aromatic N) is 4. The van der Waals surface area contributed by atoms with Crippen molar-refractivity contribution in [1.29, 1.82) is 5.26 Å². The Morgan fingerprint density at radius 1 is 1.33 bits per heavy atom. The van der Waals surface area contributed by atoms with Crippen molar-refractivity contribution in [2.75, 3.05) is 11.4 Å². The van der Waals surface area contributed by atoms with Gasteiger partial charge >= 0.3 is 0 Å². The van der Waals surface area contributed by atoms with E-state index in [1.807, 2.05) is 25.2 Å². The summed E-state index contributed by atoms with van der Waals surface area (Å²) in [6.45, 7) is 6.24. The minimum Gasteiger partial charge on any atom is -0.348 e. The molecule has 1 aromatic heterocycles. The lowest BCUT2D eigenvalue weighted by atomic mass is 10.00. The van der Waals surface area contributed by atoms with Gasteiger partial charge in [0.05, 0.1) is 6.04 Å². The summed E-state index contributed by atoms with van der Waals surface area (Å²) in [6, 6.07) is 8.15. The van der Waals surface area contributed by atoms with E-state index in [1.165, 1.54) is 27.3 Å². The number of aromatic nitrogens is 2. The molecule has 7 heteroatoms. The fourth-order valence-electron chi connectivity index (χ4n) is 2.36. The molecule has 1 atom stereocenters. The molecule has 0 bridgehead atoms. The molecule has 1 heterocycles. The van der Waals surface area contributed by atoms with Crippen LogP contribution >= 0.6 is 11.3 Å². The van der Waals surface area contributed by atoms with Crippen molar-refractivity contribution >= 4 is 22.4 Å². The topological polar surface area (TPSA) is 81.9 Å². The van der Waals surface area contributed by atoms with E-state index in [-0.39, 0.29) is 18.5 Å². The van der Waals surface area contributed by atoms with Gasteiger partial charge in [0.25, 0.3) is 0 Å². The van der Waals surface area contributed by atoms with Crippen molar-refractivity contribution in [3.8, 4) is 6.19 Å². The number of nitriles is 1. The van der Waals surface area contributed by atoms with Crippen LogP contribution in [0.3, 0.4) is 0 Å². The summed E-state index contributed by atoms with van der Waals surface area (Å²) < 4.78 is 0. The van der Waals surface area contributed by atoms with Gasteiger partial charge in [-0.2, -0.15) is 5.26 Å². The van der Waals surface area contributed by atoms with Crippen LogP contribution < -0.4 is 10.2 Å². The predicted molar refractivity (Wildman–Crippen MR) is 94.4 cm³/mol. The zero-order chi connectivity index (χ0) is 17.5. The maximum atomic E-state index is 12.2. The lowest BCUT2D eigenvalue weighted by Gasteiger charge is -2.17. The maximum absolute atomic E-state index is 12.2. The van der Waals surface area contributed by atoms with Crippen molar-refractivity contribution in [2.24, 2.45) is 5.92 Å². The molecule has 0 saturated carbocycles.